The van der Waals surface area contributed by atoms with Crippen molar-refractivity contribution in [2.24, 2.45) is 0 Å². The molecule has 0 radical (unpaired) electrons. The number of nitrogens with one attached hydrogen (secondary N) is 1. The number of amides is 1. The summed E-state index contributed by atoms with van der Waals surface area (Å²) in [6, 6.07) is 19.5. The molecule has 0 saturated carbocycles. The summed E-state index contributed by atoms with van der Waals surface area (Å²) in [4.78, 5) is 12.8. The Balaban J connectivity index is 1.47. The molecule has 1 aromatic heterocycles. The van der Waals surface area contributed by atoms with E-state index in [2.05, 4.69) is 29.6 Å². The molecule has 5 rings (SSSR count). The van der Waals surface area contributed by atoms with Crippen LogP contribution in [0.5, 0.6) is 0 Å². The van der Waals surface area contributed by atoms with Crippen LogP contribution in [-0.4, -0.2) is 5.91 Å². The fraction of sp³-hybridized carbons (Fsp3) is 0.125. The van der Waals surface area contributed by atoms with E-state index in [9.17, 15) is 4.79 Å². The standard InChI is InChI=1S/C24H18ClNO2/c1-14-17(5-3-7-19(14)25)21-12-13-22(28-21)24(27)26-20-11-10-16-9-8-15-4-2-6-18(20)23(15)16/h2-7,10-13H,8-9H2,1H3,(H,26,27). The predicted octanol–water partition coefficient (Wildman–Crippen LogP) is 6.41. The molecule has 0 fully saturated rings. The van der Waals surface area contributed by atoms with Gasteiger partial charge in [-0.25, -0.2) is 0 Å². The lowest BCUT2D eigenvalue weighted by molar-refractivity contribution is 0.0997. The van der Waals surface area contributed by atoms with E-state index in [0.717, 1.165) is 35.0 Å². The second-order valence-electron chi connectivity index (χ2n) is 7.14. The molecule has 3 nitrogen and oxygen atoms in total. The zero-order chi connectivity index (χ0) is 19.3. The van der Waals surface area contributed by atoms with Gasteiger partial charge in [0.2, 0.25) is 0 Å². The molecule has 0 unspecified atom stereocenters. The highest BCUT2D eigenvalue weighted by Gasteiger charge is 2.19. The van der Waals surface area contributed by atoms with Crippen molar-refractivity contribution in [1.29, 1.82) is 0 Å². The smallest absolute Gasteiger partial charge is 0.291 e. The third-order valence-electron chi connectivity index (χ3n) is 5.49. The van der Waals surface area contributed by atoms with Crippen molar-refractivity contribution in [2.45, 2.75) is 19.8 Å². The summed E-state index contributed by atoms with van der Waals surface area (Å²) >= 11 is 6.21. The van der Waals surface area contributed by atoms with E-state index in [0.29, 0.717) is 10.8 Å². The van der Waals surface area contributed by atoms with Gasteiger partial charge in [-0.3, -0.25) is 4.79 Å². The third kappa shape index (κ3) is 2.71. The van der Waals surface area contributed by atoms with Gasteiger partial charge in [0.15, 0.2) is 5.76 Å². The Kier molecular flexibility index (Phi) is 3.99. The second-order valence-corrected chi connectivity index (χ2v) is 7.55. The molecule has 1 aliphatic carbocycles. The molecular weight excluding hydrogens is 370 g/mol. The number of benzene rings is 3. The molecular formula is C24H18ClNO2. The lowest BCUT2D eigenvalue weighted by Gasteiger charge is -2.10. The number of anilines is 1. The molecule has 138 valence electrons. The average molecular weight is 388 g/mol. The van der Waals surface area contributed by atoms with Gasteiger partial charge in [-0.2, -0.15) is 0 Å². The molecule has 4 aromatic rings. The van der Waals surface area contributed by atoms with E-state index in [4.69, 9.17) is 16.0 Å². The fourth-order valence-corrected chi connectivity index (χ4v) is 4.19. The topological polar surface area (TPSA) is 42.2 Å². The van der Waals surface area contributed by atoms with Crippen molar-refractivity contribution in [3.8, 4) is 11.3 Å². The molecule has 3 aromatic carbocycles. The maximum absolute atomic E-state index is 12.8. The van der Waals surface area contributed by atoms with Crippen molar-refractivity contribution in [3.63, 3.8) is 0 Å². The van der Waals surface area contributed by atoms with Crippen molar-refractivity contribution in [3.05, 3.63) is 88.1 Å². The average Bonchev–Trinajstić information content (AvgIpc) is 3.35. The Labute approximate surface area is 167 Å². The first-order valence-corrected chi connectivity index (χ1v) is 9.70. The van der Waals surface area contributed by atoms with Gasteiger partial charge in [0.1, 0.15) is 5.76 Å². The summed E-state index contributed by atoms with van der Waals surface area (Å²) in [6.07, 6.45) is 2.12. The molecule has 1 heterocycles. The van der Waals surface area contributed by atoms with Gasteiger partial charge in [0.25, 0.3) is 5.91 Å². The minimum absolute atomic E-state index is 0.260. The maximum Gasteiger partial charge on any atom is 0.291 e. The van der Waals surface area contributed by atoms with Gasteiger partial charge in [-0.1, -0.05) is 48.0 Å². The van der Waals surface area contributed by atoms with E-state index in [1.165, 1.54) is 16.5 Å². The third-order valence-corrected chi connectivity index (χ3v) is 5.90. The van der Waals surface area contributed by atoms with Crippen LogP contribution >= 0.6 is 11.6 Å². The van der Waals surface area contributed by atoms with Gasteiger partial charge < -0.3 is 9.73 Å². The normalized spacial score (nSPS) is 12.5. The van der Waals surface area contributed by atoms with E-state index >= 15 is 0 Å². The molecule has 0 aliphatic heterocycles. The van der Waals surface area contributed by atoms with Crippen LogP contribution in [0.15, 0.2) is 65.1 Å². The van der Waals surface area contributed by atoms with Crippen LogP contribution in [0.4, 0.5) is 5.69 Å². The van der Waals surface area contributed by atoms with Gasteiger partial charge in [0, 0.05) is 21.7 Å². The van der Waals surface area contributed by atoms with Crippen LogP contribution in [0, 0.1) is 6.92 Å². The predicted molar refractivity (Wildman–Crippen MR) is 113 cm³/mol. The first-order valence-electron chi connectivity index (χ1n) is 9.32. The lowest BCUT2D eigenvalue weighted by Crippen LogP contribution is -2.11. The highest BCUT2D eigenvalue weighted by Crippen LogP contribution is 2.35. The van der Waals surface area contributed by atoms with Crippen molar-refractivity contribution in [2.75, 3.05) is 5.32 Å². The van der Waals surface area contributed by atoms with E-state index in [-0.39, 0.29) is 11.7 Å². The van der Waals surface area contributed by atoms with Crippen LogP contribution in [0.2, 0.25) is 5.02 Å². The molecule has 1 amide bonds. The first-order chi connectivity index (χ1) is 13.6. The monoisotopic (exact) mass is 387 g/mol. The van der Waals surface area contributed by atoms with E-state index < -0.39 is 0 Å². The molecule has 1 aliphatic rings. The van der Waals surface area contributed by atoms with Crippen LogP contribution in [0.1, 0.15) is 27.2 Å². The SMILES string of the molecule is Cc1c(Cl)cccc1-c1ccc(C(=O)Nc2ccc3c4c(cccc24)CC3)o1. The van der Waals surface area contributed by atoms with Gasteiger partial charge in [-0.05, 0) is 66.1 Å². The lowest BCUT2D eigenvalue weighted by atomic mass is 10.0. The van der Waals surface area contributed by atoms with Crippen LogP contribution in [0.3, 0.4) is 0 Å². The van der Waals surface area contributed by atoms with Gasteiger partial charge in [0.05, 0.1) is 0 Å². The maximum atomic E-state index is 12.8. The molecule has 4 heteroatoms. The number of furan rings is 1. The highest BCUT2D eigenvalue weighted by atomic mass is 35.5. The summed E-state index contributed by atoms with van der Waals surface area (Å²) in [7, 11) is 0. The van der Waals surface area contributed by atoms with Crippen molar-refractivity contribution < 1.29 is 9.21 Å². The van der Waals surface area contributed by atoms with Crippen LogP contribution in [0.25, 0.3) is 22.1 Å². The second kappa shape index (κ2) is 6.54. The Bertz CT molecular complexity index is 1230. The Hall–Kier alpha value is -3.04. The molecule has 0 bridgehead atoms. The highest BCUT2D eigenvalue weighted by molar-refractivity contribution is 6.31. The summed E-state index contributed by atoms with van der Waals surface area (Å²) in [5.74, 6) is 0.646. The Morgan fingerprint density at radius 1 is 0.964 bits per heavy atom. The molecule has 1 N–H and O–H groups in total. The fourth-order valence-electron chi connectivity index (χ4n) is 4.02. The van der Waals surface area contributed by atoms with Gasteiger partial charge in [-0.15, -0.1) is 0 Å². The summed E-state index contributed by atoms with van der Waals surface area (Å²) in [5.41, 5.74) is 5.32. The quantitative estimate of drug-likeness (QED) is 0.441. The van der Waals surface area contributed by atoms with Gasteiger partial charge >= 0.3 is 0 Å². The number of rotatable bonds is 3. The van der Waals surface area contributed by atoms with Crippen molar-refractivity contribution >= 4 is 34.0 Å². The Morgan fingerprint density at radius 3 is 2.61 bits per heavy atom. The number of carbonyl (C=O) groups excluding carboxylic acids is 1. The number of hydrogen-bond donors (Lipinski definition) is 1. The number of aryl methyl sites for hydroxylation is 2. The summed E-state index contributed by atoms with van der Waals surface area (Å²) in [5, 5.41) is 6.04. The summed E-state index contributed by atoms with van der Waals surface area (Å²) < 4.78 is 5.84. The number of hydrogen-bond acceptors (Lipinski definition) is 2. The zero-order valence-corrected chi connectivity index (χ0v) is 16.1. The van der Waals surface area contributed by atoms with E-state index in [1.54, 1.807) is 12.1 Å². The molecule has 0 atom stereocenters. The molecule has 0 spiro atoms. The Morgan fingerprint density at radius 2 is 1.75 bits per heavy atom. The largest absolute Gasteiger partial charge is 0.451 e. The number of carbonyl (C=O) groups is 1. The van der Waals surface area contributed by atoms with Crippen LogP contribution < -0.4 is 5.32 Å². The van der Waals surface area contributed by atoms with E-state index in [1.807, 2.05) is 31.2 Å². The minimum atomic E-state index is -0.260. The summed E-state index contributed by atoms with van der Waals surface area (Å²) in [6.45, 7) is 1.94. The zero-order valence-electron chi connectivity index (χ0n) is 15.4. The number of halogens is 1. The molecule has 0 saturated heterocycles. The van der Waals surface area contributed by atoms with Crippen LogP contribution in [-0.2, 0) is 12.8 Å². The molecule has 28 heavy (non-hydrogen) atoms. The minimum Gasteiger partial charge on any atom is -0.451 e. The first kappa shape index (κ1) is 17.1. The van der Waals surface area contributed by atoms with Crippen molar-refractivity contribution in [1.82, 2.24) is 0 Å².